The molecule has 0 bridgehead atoms. The van der Waals surface area contributed by atoms with Crippen LogP contribution in [0, 0.1) is 10.1 Å². The molecule has 2 rings (SSSR count). The summed E-state index contributed by atoms with van der Waals surface area (Å²) in [6.07, 6.45) is 1.09. The molecule has 5 nitrogen and oxygen atoms in total. The van der Waals surface area contributed by atoms with Crippen LogP contribution in [0.3, 0.4) is 0 Å². The van der Waals surface area contributed by atoms with E-state index in [-0.39, 0.29) is 11.4 Å². The van der Waals surface area contributed by atoms with Gasteiger partial charge in [-0.25, -0.2) is 0 Å². The molecule has 0 amide bonds. The second kappa shape index (κ2) is 5.28. The van der Waals surface area contributed by atoms with E-state index < -0.39 is 4.92 Å². The van der Waals surface area contributed by atoms with Crippen molar-refractivity contribution in [2.75, 3.05) is 29.5 Å². The minimum Gasteiger partial charge on any atom is -0.393 e. The predicted molar refractivity (Wildman–Crippen MR) is 80.9 cm³/mol. The van der Waals surface area contributed by atoms with Crippen LogP contribution in [0.25, 0.3) is 0 Å². The van der Waals surface area contributed by atoms with Gasteiger partial charge in [0.25, 0.3) is 5.69 Å². The van der Waals surface area contributed by atoms with Gasteiger partial charge in [0.1, 0.15) is 5.69 Å². The van der Waals surface area contributed by atoms with Crippen molar-refractivity contribution in [1.29, 1.82) is 0 Å². The first kappa shape index (κ1) is 14.0. The molecule has 2 N–H and O–H groups in total. The molecule has 1 aliphatic heterocycles. The van der Waals surface area contributed by atoms with E-state index >= 15 is 0 Å². The number of nitrogens with zero attached hydrogens (tertiary/aromatic N) is 2. The predicted octanol–water partition coefficient (Wildman–Crippen LogP) is 2.90. The molecule has 0 aromatic heterocycles. The Hall–Kier alpha value is -1.43. The number of thioether (sulfide) groups is 1. The first-order valence-corrected chi connectivity index (χ1v) is 7.30. The average Bonchev–Trinajstić information content (AvgIpc) is 2.49. The lowest BCUT2D eigenvalue weighted by molar-refractivity contribution is -0.383. The van der Waals surface area contributed by atoms with E-state index in [9.17, 15) is 10.1 Å². The fourth-order valence-corrected chi connectivity index (χ4v) is 3.28. The Balaban J connectivity index is 2.18. The van der Waals surface area contributed by atoms with Gasteiger partial charge in [0.05, 0.1) is 4.92 Å². The number of nitro groups is 1. The minimum absolute atomic E-state index is 0.0201. The Morgan fingerprint density at radius 2 is 2.16 bits per heavy atom. The molecule has 1 fully saturated rings. The van der Waals surface area contributed by atoms with E-state index in [4.69, 9.17) is 5.73 Å². The maximum Gasteiger partial charge on any atom is 0.292 e. The van der Waals surface area contributed by atoms with Gasteiger partial charge < -0.3 is 10.6 Å². The van der Waals surface area contributed by atoms with Crippen molar-refractivity contribution in [2.24, 2.45) is 0 Å². The summed E-state index contributed by atoms with van der Waals surface area (Å²) in [5, 5.41) is 10.8. The average molecular weight is 281 g/mol. The molecule has 0 radical (unpaired) electrons. The molecule has 1 heterocycles. The smallest absolute Gasteiger partial charge is 0.292 e. The van der Waals surface area contributed by atoms with Crippen LogP contribution in [0.4, 0.5) is 17.1 Å². The molecule has 6 heteroatoms. The summed E-state index contributed by atoms with van der Waals surface area (Å²) in [4.78, 5) is 12.6. The largest absolute Gasteiger partial charge is 0.393 e. The number of nitro benzene ring substituents is 1. The number of nitrogen functional groups attached to an aromatic ring is 1. The number of hydrogen-bond donors (Lipinski definition) is 1. The van der Waals surface area contributed by atoms with Crippen molar-refractivity contribution in [1.82, 2.24) is 0 Å². The molecule has 0 atom stereocenters. The highest BCUT2D eigenvalue weighted by molar-refractivity contribution is 8.00. The lowest BCUT2D eigenvalue weighted by Crippen LogP contribution is -2.26. The summed E-state index contributed by atoms with van der Waals surface area (Å²) in [6.45, 7) is 6.42. The molecule has 1 saturated heterocycles. The van der Waals surface area contributed by atoms with Gasteiger partial charge in [-0.1, -0.05) is 13.8 Å². The van der Waals surface area contributed by atoms with Crippen LogP contribution in [-0.4, -0.2) is 28.5 Å². The van der Waals surface area contributed by atoms with Crippen molar-refractivity contribution < 1.29 is 4.92 Å². The second-order valence-electron chi connectivity index (χ2n) is 5.35. The van der Waals surface area contributed by atoms with Crippen LogP contribution in [-0.2, 0) is 0 Å². The lowest BCUT2D eigenvalue weighted by atomic mass is 10.1. The van der Waals surface area contributed by atoms with Crippen LogP contribution in [0.2, 0.25) is 0 Å². The number of nitrogens with two attached hydrogens (primary N) is 1. The fraction of sp³-hybridized carbons (Fsp3) is 0.538. The molecule has 0 spiro atoms. The molecule has 1 aromatic carbocycles. The summed E-state index contributed by atoms with van der Waals surface area (Å²) < 4.78 is 0.293. The Morgan fingerprint density at radius 3 is 2.79 bits per heavy atom. The Labute approximate surface area is 117 Å². The number of rotatable bonds is 2. The standard InChI is InChI=1S/C13H19N3O2S/c1-13(2)5-6-15(7-8-19-13)10-3-4-12(16(17)18)11(14)9-10/h3-4,9H,5-8,14H2,1-2H3. The zero-order chi connectivity index (χ0) is 14.0. The van der Waals surface area contributed by atoms with Gasteiger partial charge in [0.15, 0.2) is 0 Å². The van der Waals surface area contributed by atoms with Crippen molar-refractivity contribution >= 4 is 28.8 Å². The van der Waals surface area contributed by atoms with Crippen molar-refractivity contribution in [3.05, 3.63) is 28.3 Å². The van der Waals surface area contributed by atoms with E-state index in [2.05, 4.69) is 18.7 Å². The quantitative estimate of drug-likeness (QED) is 0.512. The van der Waals surface area contributed by atoms with Gasteiger partial charge in [0.2, 0.25) is 0 Å². The Morgan fingerprint density at radius 1 is 1.42 bits per heavy atom. The second-order valence-corrected chi connectivity index (χ2v) is 7.15. The van der Waals surface area contributed by atoms with Gasteiger partial charge in [0, 0.05) is 35.3 Å². The van der Waals surface area contributed by atoms with Crippen molar-refractivity contribution in [3.63, 3.8) is 0 Å². The highest BCUT2D eigenvalue weighted by Crippen LogP contribution is 2.33. The lowest BCUT2D eigenvalue weighted by Gasteiger charge is -2.24. The maximum atomic E-state index is 10.8. The summed E-state index contributed by atoms with van der Waals surface area (Å²) in [6, 6.07) is 4.99. The monoisotopic (exact) mass is 281 g/mol. The molecule has 19 heavy (non-hydrogen) atoms. The van der Waals surface area contributed by atoms with Gasteiger partial charge in [-0.3, -0.25) is 10.1 Å². The molecule has 1 aromatic rings. The molecule has 0 unspecified atom stereocenters. The first-order chi connectivity index (χ1) is 8.89. The molecule has 1 aliphatic rings. The minimum atomic E-state index is -0.444. The summed E-state index contributed by atoms with van der Waals surface area (Å²) >= 11 is 1.97. The Bertz CT molecular complexity index is 491. The van der Waals surface area contributed by atoms with Crippen molar-refractivity contribution in [3.8, 4) is 0 Å². The van der Waals surface area contributed by atoms with Gasteiger partial charge in [-0.15, -0.1) is 0 Å². The van der Waals surface area contributed by atoms with E-state index in [1.165, 1.54) is 6.07 Å². The third-order valence-corrected chi connectivity index (χ3v) is 4.78. The highest BCUT2D eigenvalue weighted by Gasteiger charge is 2.24. The summed E-state index contributed by atoms with van der Waals surface area (Å²) in [5.41, 5.74) is 6.94. The van der Waals surface area contributed by atoms with Gasteiger partial charge in [-0.2, -0.15) is 11.8 Å². The van der Waals surface area contributed by atoms with Crippen LogP contribution >= 0.6 is 11.8 Å². The SMILES string of the molecule is CC1(C)CCN(c2ccc([N+](=O)[O-])c(N)c2)CCS1. The fourth-order valence-electron chi connectivity index (χ4n) is 2.18. The molecule has 0 saturated carbocycles. The van der Waals surface area contributed by atoms with Crippen LogP contribution in [0.15, 0.2) is 18.2 Å². The van der Waals surface area contributed by atoms with Gasteiger partial charge in [-0.05, 0) is 18.6 Å². The molecule has 104 valence electrons. The maximum absolute atomic E-state index is 10.8. The number of hydrogen-bond acceptors (Lipinski definition) is 5. The van der Waals surface area contributed by atoms with Crippen LogP contribution < -0.4 is 10.6 Å². The molecular weight excluding hydrogens is 262 g/mol. The third-order valence-electron chi connectivity index (χ3n) is 3.41. The first-order valence-electron chi connectivity index (χ1n) is 6.32. The normalized spacial score (nSPS) is 18.9. The third kappa shape index (κ3) is 3.32. The van der Waals surface area contributed by atoms with Crippen LogP contribution in [0.5, 0.6) is 0 Å². The number of anilines is 2. The zero-order valence-electron chi connectivity index (χ0n) is 11.3. The van der Waals surface area contributed by atoms with E-state index in [0.717, 1.165) is 31.0 Å². The number of benzene rings is 1. The van der Waals surface area contributed by atoms with E-state index in [1.807, 2.05) is 11.8 Å². The topological polar surface area (TPSA) is 72.4 Å². The Kier molecular flexibility index (Phi) is 3.89. The van der Waals surface area contributed by atoms with Gasteiger partial charge >= 0.3 is 0 Å². The zero-order valence-corrected chi connectivity index (χ0v) is 12.1. The van der Waals surface area contributed by atoms with Crippen LogP contribution in [0.1, 0.15) is 20.3 Å². The van der Waals surface area contributed by atoms with E-state index in [0.29, 0.717) is 4.75 Å². The van der Waals surface area contributed by atoms with Crippen molar-refractivity contribution in [2.45, 2.75) is 25.0 Å². The summed E-state index contributed by atoms with van der Waals surface area (Å²) in [7, 11) is 0. The summed E-state index contributed by atoms with van der Waals surface area (Å²) in [5.74, 6) is 1.06. The highest BCUT2D eigenvalue weighted by atomic mass is 32.2. The molecule has 0 aliphatic carbocycles. The van der Waals surface area contributed by atoms with E-state index in [1.54, 1.807) is 12.1 Å². The molecular formula is C13H19N3O2S.